The molecule has 0 radical (unpaired) electrons. The third kappa shape index (κ3) is 3.84. The zero-order chi connectivity index (χ0) is 16.1. The van der Waals surface area contributed by atoms with Crippen LogP contribution in [0.3, 0.4) is 0 Å². The van der Waals surface area contributed by atoms with E-state index in [1.165, 1.54) is 0 Å². The number of H-pyrrole nitrogens is 1. The summed E-state index contributed by atoms with van der Waals surface area (Å²) in [5, 5.41) is 10.6. The molecule has 0 aliphatic rings. The maximum absolute atomic E-state index is 12.2. The Labute approximate surface area is 127 Å². The Morgan fingerprint density at radius 3 is 2.86 bits per heavy atom. The van der Waals surface area contributed by atoms with Crippen molar-refractivity contribution < 1.29 is 9.32 Å². The van der Waals surface area contributed by atoms with Crippen molar-refractivity contribution in [2.45, 2.75) is 40.2 Å². The molecule has 0 aliphatic heterocycles. The average molecular weight is 307 g/mol. The van der Waals surface area contributed by atoms with Crippen molar-refractivity contribution >= 4 is 5.91 Å². The van der Waals surface area contributed by atoms with Gasteiger partial charge in [-0.15, -0.1) is 0 Å². The van der Waals surface area contributed by atoms with Gasteiger partial charge in [-0.3, -0.25) is 19.0 Å². The molecular weight excluding hydrogens is 286 g/mol. The van der Waals surface area contributed by atoms with E-state index in [0.29, 0.717) is 30.3 Å². The van der Waals surface area contributed by atoms with Gasteiger partial charge in [0.1, 0.15) is 0 Å². The Balaban J connectivity index is 1.97. The highest BCUT2D eigenvalue weighted by atomic mass is 16.5. The SMILES string of the molecule is CCc1c(C(=O)NCCc2noc(=O)[nH]2)cnn1CC(C)C. The highest BCUT2D eigenvalue weighted by Crippen LogP contribution is 2.11. The maximum Gasteiger partial charge on any atom is 0.438 e. The fourth-order valence-corrected chi connectivity index (χ4v) is 2.23. The molecule has 2 rings (SSSR count). The molecule has 8 nitrogen and oxygen atoms in total. The second-order valence-corrected chi connectivity index (χ2v) is 5.48. The largest absolute Gasteiger partial charge is 0.438 e. The molecule has 0 aromatic carbocycles. The molecule has 1 amide bonds. The predicted octanol–water partition coefficient (Wildman–Crippen LogP) is 0.750. The third-order valence-corrected chi connectivity index (χ3v) is 3.20. The Kier molecular flexibility index (Phi) is 5.13. The lowest BCUT2D eigenvalue weighted by Crippen LogP contribution is -2.27. The zero-order valence-corrected chi connectivity index (χ0v) is 13.0. The van der Waals surface area contributed by atoms with Crippen LogP contribution in [-0.2, 0) is 19.4 Å². The van der Waals surface area contributed by atoms with Gasteiger partial charge in [-0.2, -0.15) is 5.10 Å². The van der Waals surface area contributed by atoms with Crippen LogP contribution in [0, 0.1) is 5.92 Å². The summed E-state index contributed by atoms with van der Waals surface area (Å²) in [5.74, 6) is 0.115. The number of nitrogens with one attached hydrogen (secondary N) is 2. The van der Waals surface area contributed by atoms with E-state index in [4.69, 9.17) is 0 Å². The van der Waals surface area contributed by atoms with Crippen LogP contribution >= 0.6 is 0 Å². The first-order valence-electron chi connectivity index (χ1n) is 7.39. The molecule has 0 aliphatic carbocycles. The van der Waals surface area contributed by atoms with Gasteiger partial charge in [0.25, 0.3) is 5.91 Å². The number of carbonyl (C=O) groups is 1. The van der Waals surface area contributed by atoms with Crippen molar-refractivity contribution in [2.75, 3.05) is 6.54 Å². The van der Waals surface area contributed by atoms with Gasteiger partial charge in [-0.05, 0) is 12.3 Å². The highest BCUT2D eigenvalue weighted by molar-refractivity contribution is 5.95. The minimum atomic E-state index is -0.593. The van der Waals surface area contributed by atoms with E-state index >= 15 is 0 Å². The topological polar surface area (TPSA) is 106 Å². The van der Waals surface area contributed by atoms with E-state index < -0.39 is 5.76 Å². The van der Waals surface area contributed by atoms with Crippen molar-refractivity contribution in [1.29, 1.82) is 0 Å². The molecule has 0 saturated heterocycles. The van der Waals surface area contributed by atoms with Gasteiger partial charge in [-0.1, -0.05) is 25.9 Å². The summed E-state index contributed by atoms with van der Waals surface area (Å²) in [6, 6.07) is 0. The number of rotatable bonds is 7. The lowest BCUT2D eigenvalue weighted by Gasteiger charge is -2.10. The van der Waals surface area contributed by atoms with Crippen LogP contribution in [0.25, 0.3) is 0 Å². The average Bonchev–Trinajstić information content (AvgIpc) is 3.04. The Hall–Kier alpha value is -2.38. The standard InChI is InChI=1S/C14H21N5O3/c1-4-11-10(7-16-19(11)8-9(2)3)13(20)15-6-5-12-17-14(21)22-18-12/h7,9H,4-6,8H2,1-3H3,(H,15,20)(H,17,18,21). The van der Waals surface area contributed by atoms with Crippen molar-refractivity contribution in [3.8, 4) is 0 Å². The summed E-state index contributed by atoms with van der Waals surface area (Å²) in [6.45, 7) is 7.38. The molecule has 0 fully saturated rings. The van der Waals surface area contributed by atoms with Gasteiger partial charge in [0.2, 0.25) is 0 Å². The normalized spacial score (nSPS) is 11.1. The van der Waals surface area contributed by atoms with Crippen LogP contribution < -0.4 is 11.1 Å². The maximum atomic E-state index is 12.2. The first kappa shape index (κ1) is 16.0. The molecule has 2 aromatic heterocycles. The lowest BCUT2D eigenvalue weighted by atomic mass is 10.1. The van der Waals surface area contributed by atoms with E-state index in [1.54, 1.807) is 6.20 Å². The van der Waals surface area contributed by atoms with Crippen LogP contribution in [0.1, 0.15) is 42.6 Å². The summed E-state index contributed by atoms with van der Waals surface area (Å²) in [4.78, 5) is 25.5. The molecule has 2 N–H and O–H groups in total. The van der Waals surface area contributed by atoms with Crippen molar-refractivity contribution in [3.05, 3.63) is 33.8 Å². The molecule has 0 saturated carbocycles. The molecule has 22 heavy (non-hydrogen) atoms. The molecular formula is C14H21N5O3. The minimum Gasteiger partial charge on any atom is -0.351 e. The van der Waals surface area contributed by atoms with E-state index in [1.807, 2.05) is 11.6 Å². The molecule has 2 aromatic rings. The number of aromatic amines is 1. The van der Waals surface area contributed by atoms with Gasteiger partial charge >= 0.3 is 5.76 Å². The summed E-state index contributed by atoms with van der Waals surface area (Å²) >= 11 is 0. The smallest absolute Gasteiger partial charge is 0.351 e. The Morgan fingerprint density at radius 1 is 1.50 bits per heavy atom. The fourth-order valence-electron chi connectivity index (χ4n) is 2.23. The second-order valence-electron chi connectivity index (χ2n) is 5.48. The predicted molar refractivity (Wildman–Crippen MR) is 79.6 cm³/mol. The van der Waals surface area contributed by atoms with Crippen LogP contribution in [0.2, 0.25) is 0 Å². The van der Waals surface area contributed by atoms with E-state index in [-0.39, 0.29) is 5.91 Å². The number of amides is 1. The quantitative estimate of drug-likeness (QED) is 0.785. The zero-order valence-electron chi connectivity index (χ0n) is 13.0. The van der Waals surface area contributed by atoms with Crippen molar-refractivity contribution in [1.82, 2.24) is 25.2 Å². The van der Waals surface area contributed by atoms with Gasteiger partial charge in [0.15, 0.2) is 5.82 Å². The number of carbonyl (C=O) groups excluding carboxylic acids is 1. The molecule has 2 heterocycles. The fraction of sp³-hybridized carbons (Fsp3) is 0.571. The van der Waals surface area contributed by atoms with Crippen LogP contribution in [0.4, 0.5) is 0 Å². The van der Waals surface area contributed by atoms with Crippen LogP contribution in [0.5, 0.6) is 0 Å². The second kappa shape index (κ2) is 7.06. The first-order valence-corrected chi connectivity index (χ1v) is 7.39. The van der Waals surface area contributed by atoms with Crippen LogP contribution in [-0.4, -0.2) is 32.4 Å². The number of hydrogen-bond acceptors (Lipinski definition) is 5. The highest BCUT2D eigenvalue weighted by Gasteiger charge is 2.16. The monoisotopic (exact) mass is 307 g/mol. The Bertz CT molecular complexity index is 683. The lowest BCUT2D eigenvalue weighted by molar-refractivity contribution is 0.0952. The third-order valence-electron chi connectivity index (χ3n) is 3.20. The van der Waals surface area contributed by atoms with Crippen molar-refractivity contribution in [2.24, 2.45) is 5.92 Å². The summed E-state index contributed by atoms with van der Waals surface area (Å²) in [6.07, 6.45) is 2.75. The van der Waals surface area contributed by atoms with E-state index in [9.17, 15) is 9.59 Å². The van der Waals surface area contributed by atoms with E-state index in [2.05, 4.69) is 38.9 Å². The van der Waals surface area contributed by atoms with Gasteiger partial charge < -0.3 is 5.32 Å². The summed E-state index contributed by atoms with van der Waals surface area (Å²) < 4.78 is 6.28. The minimum absolute atomic E-state index is 0.169. The number of aromatic nitrogens is 4. The molecule has 120 valence electrons. The van der Waals surface area contributed by atoms with Gasteiger partial charge in [0.05, 0.1) is 17.5 Å². The van der Waals surface area contributed by atoms with Gasteiger partial charge in [0, 0.05) is 19.5 Å². The number of hydrogen-bond donors (Lipinski definition) is 2. The summed E-state index contributed by atoms with van der Waals surface area (Å²) in [7, 11) is 0. The first-order chi connectivity index (χ1) is 10.5. The molecule has 0 atom stereocenters. The summed E-state index contributed by atoms with van der Waals surface area (Å²) in [5.41, 5.74) is 1.53. The molecule has 0 bridgehead atoms. The Morgan fingerprint density at radius 2 is 2.27 bits per heavy atom. The number of nitrogens with zero attached hydrogens (tertiary/aromatic N) is 3. The van der Waals surface area contributed by atoms with E-state index in [0.717, 1.165) is 18.7 Å². The van der Waals surface area contributed by atoms with Gasteiger partial charge in [-0.25, -0.2) is 4.79 Å². The van der Waals surface area contributed by atoms with Crippen LogP contribution in [0.15, 0.2) is 15.5 Å². The molecule has 0 unspecified atom stereocenters. The molecule has 0 spiro atoms. The van der Waals surface area contributed by atoms with Crippen molar-refractivity contribution in [3.63, 3.8) is 0 Å². The molecule has 8 heteroatoms.